The minimum atomic E-state index is -0.296. The van der Waals surface area contributed by atoms with Crippen molar-refractivity contribution >= 4 is 15.9 Å². The van der Waals surface area contributed by atoms with Gasteiger partial charge in [-0.15, -0.1) is 0 Å². The second-order valence-electron chi connectivity index (χ2n) is 4.20. The van der Waals surface area contributed by atoms with Gasteiger partial charge in [-0.2, -0.15) is 0 Å². The van der Waals surface area contributed by atoms with E-state index < -0.39 is 0 Å². The van der Waals surface area contributed by atoms with E-state index in [4.69, 9.17) is 5.73 Å². The van der Waals surface area contributed by atoms with Gasteiger partial charge >= 0.3 is 0 Å². The summed E-state index contributed by atoms with van der Waals surface area (Å²) in [5.41, 5.74) is 6.36. The zero-order valence-corrected chi connectivity index (χ0v) is 9.80. The van der Waals surface area contributed by atoms with Crippen LogP contribution in [0, 0.1) is 5.82 Å². The summed E-state index contributed by atoms with van der Waals surface area (Å²) in [5.74, 6) is -0.270. The maximum Gasteiger partial charge on any atom is 0.124 e. The van der Waals surface area contributed by atoms with Gasteiger partial charge in [-0.05, 0) is 36.6 Å². The molecule has 0 aliphatic heterocycles. The van der Waals surface area contributed by atoms with Crippen molar-refractivity contribution in [2.75, 3.05) is 6.54 Å². The number of hydrogen-bond acceptors (Lipinski definition) is 2. The van der Waals surface area contributed by atoms with E-state index in [1.54, 1.807) is 0 Å². The Morgan fingerprint density at radius 2 is 2.13 bits per heavy atom. The first-order valence-electron chi connectivity index (χ1n) is 4.90. The molecule has 0 spiro atoms. The van der Waals surface area contributed by atoms with Crippen LogP contribution in [0.15, 0.2) is 22.7 Å². The van der Waals surface area contributed by atoms with Gasteiger partial charge in [0.25, 0.3) is 0 Å². The molecule has 1 saturated carbocycles. The van der Waals surface area contributed by atoms with E-state index in [0.717, 1.165) is 5.56 Å². The molecule has 0 bridgehead atoms. The van der Waals surface area contributed by atoms with Crippen LogP contribution in [0.1, 0.15) is 18.4 Å². The lowest BCUT2D eigenvalue weighted by Crippen LogP contribution is -2.49. The van der Waals surface area contributed by atoms with Crippen molar-refractivity contribution in [1.82, 2.24) is 0 Å². The molecular weight excluding hydrogens is 261 g/mol. The predicted molar refractivity (Wildman–Crippen MR) is 60.1 cm³/mol. The fourth-order valence-corrected chi connectivity index (χ4v) is 2.69. The molecule has 0 amide bonds. The number of hydrogen-bond donors (Lipinski definition) is 2. The first-order valence-corrected chi connectivity index (χ1v) is 5.70. The highest BCUT2D eigenvalue weighted by Gasteiger charge is 2.43. The van der Waals surface area contributed by atoms with E-state index in [1.165, 1.54) is 12.1 Å². The van der Waals surface area contributed by atoms with E-state index in [1.807, 2.05) is 6.07 Å². The standard InChI is InChI=1S/C11H13BrFNO/c12-8-1-7(2-9(13)3-8)11(6-14)4-10(15)5-11/h1-3,10,15H,4-6,14H2. The number of rotatable bonds is 2. The van der Waals surface area contributed by atoms with Gasteiger partial charge in [0.05, 0.1) is 6.10 Å². The van der Waals surface area contributed by atoms with Gasteiger partial charge in [-0.25, -0.2) is 4.39 Å². The summed E-state index contributed by atoms with van der Waals surface area (Å²) in [7, 11) is 0. The lowest BCUT2D eigenvalue weighted by molar-refractivity contribution is 0.0220. The Balaban J connectivity index is 2.35. The summed E-state index contributed by atoms with van der Waals surface area (Å²) in [6, 6.07) is 4.80. The third-order valence-corrected chi connectivity index (χ3v) is 3.58. The van der Waals surface area contributed by atoms with Crippen LogP contribution in [0.4, 0.5) is 4.39 Å². The lowest BCUT2D eigenvalue weighted by Gasteiger charge is -2.45. The third-order valence-electron chi connectivity index (χ3n) is 3.12. The molecule has 0 atom stereocenters. The van der Waals surface area contributed by atoms with E-state index in [2.05, 4.69) is 15.9 Å². The SMILES string of the molecule is NCC1(c2cc(F)cc(Br)c2)CC(O)C1. The summed E-state index contributed by atoms with van der Waals surface area (Å²) in [6.45, 7) is 0.444. The van der Waals surface area contributed by atoms with Crippen LogP contribution < -0.4 is 5.73 Å². The van der Waals surface area contributed by atoms with Crippen molar-refractivity contribution in [3.8, 4) is 0 Å². The monoisotopic (exact) mass is 273 g/mol. The molecule has 1 aliphatic carbocycles. The van der Waals surface area contributed by atoms with Crippen molar-refractivity contribution in [2.45, 2.75) is 24.4 Å². The Morgan fingerprint density at radius 3 is 2.60 bits per heavy atom. The maximum atomic E-state index is 13.2. The molecule has 0 heterocycles. The Kier molecular flexibility index (Phi) is 2.83. The van der Waals surface area contributed by atoms with E-state index in [-0.39, 0.29) is 17.3 Å². The van der Waals surface area contributed by atoms with Crippen LogP contribution in [-0.4, -0.2) is 17.8 Å². The number of aliphatic hydroxyl groups excluding tert-OH is 1. The summed E-state index contributed by atoms with van der Waals surface area (Å²) in [4.78, 5) is 0. The molecule has 15 heavy (non-hydrogen) atoms. The van der Waals surface area contributed by atoms with Crippen molar-refractivity contribution in [2.24, 2.45) is 5.73 Å². The topological polar surface area (TPSA) is 46.2 Å². The van der Waals surface area contributed by atoms with Crippen molar-refractivity contribution < 1.29 is 9.50 Å². The van der Waals surface area contributed by atoms with Crippen LogP contribution in [0.2, 0.25) is 0 Å². The van der Waals surface area contributed by atoms with Gasteiger partial charge in [-0.3, -0.25) is 0 Å². The number of halogens is 2. The smallest absolute Gasteiger partial charge is 0.124 e. The average Bonchev–Trinajstić information content (AvgIpc) is 2.10. The number of aliphatic hydroxyl groups is 1. The first kappa shape index (κ1) is 11.0. The molecular formula is C11H13BrFNO. The second kappa shape index (κ2) is 3.85. The molecule has 4 heteroatoms. The lowest BCUT2D eigenvalue weighted by atomic mass is 9.63. The van der Waals surface area contributed by atoms with E-state index in [0.29, 0.717) is 23.9 Å². The van der Waals surface area contributed by atoms with Gasteiger partial charge in [0.15, 0.2) is 0 Å². The first-order chi connectivity index (χ1) is 7.05. The Morgan fingerprint density at radius 1 is 1.47 bits per heavy atom. The highest BCUT2D eigenvalue weighted by molar-refractivity contribution is 9.10. The molecule has 82 valence electrons. The van der Waals surface area contributed by atoms with Crippen LogP contribution in [0.5, 0.6) is 0 Å². The zero-order chi connectivity index (χ0) is 11.1. The fraction of sp³-hybridized carbons (Fsp3) is 0.455. The van der Waals surface area contributed by atoms with Gasteiger partial charge in [0.2, 0.25) is 0 Å². The molecule has 1 fully saturated rings. The molecule has 2 nitrogen and oxygen atoms in total. The third kappa shape index (κ3) is 1.94. The summed E-state index contributed by atoms with van der Waals surface area (Å²) in [5, 5.41) is 9.35. The van der Waals surface area contributed by atoms with Crippen molar-refractivity contribution in [3.63, 3.8) is 0 Å². The number of benzene rings is 1. The van der Waals surface area contributed by atoms with Gasteiger partial charge in [0.1, 0.15) is 5.82 Å². The summed E-state index contributed by atoms with van der Waals surface area (Å²) >= 11 is 3.26. The molecule has 1 aromatic carbocycles. The Bertz CT molecular complexity index is 357. The maximum absolute atomic E-state index is 13.2. The molecule has 0 unspecified atom stereocenters. The molecule has 0 radical (unpaired) electrons. The Labute approximate surface area is 96.4 Å². The van der Waals surface area contributed by atoms with Crippen molar-refractivity contribution in [1.29, 1.82) is 0 Å². The van der Waals surface area contributed by atoms with Crippen molar-refractivity contribution in [3.05, 3.63) is 34.1 Å². The summed E-state index contributed by atoms with van der Waals surface area (Å²) in [6.07, 6.45) is 0.953. The van der Waals surface area contributed by atoms with E-state index >= 15 is 0 Å². The van der Waals surface area contributed by atoms with Crippen LogP contribution >= 0.6 is 15.9 Å². The normalized spacial score (nSPS) is 30.0. The fourth-order valence-electron chi connectivity index (χ4n) is 2.22. The quantitative estimate of drug-likeness (QED) is 0.865. The van der Waals surface area contributed by atoms with E-state index in [9.17, 15) is 9.50 Å². The zero-order valence-electron chi connectivity index (χ0n) is 8.21. The van der Waals surface area contributed by atoms with Gasteiger partial charge in [-0.1, -0.05) is 15.9 Å². The Hall–Kier alpha value is -0.450. The molecule has 1 aromatic rings. The highest BCUT2D eigenvalue weighted by atomic mass is 79.9. The minimum absolute atomic E-state index is 0.232. The number of nitrogens with two attached hydrogens (primary N) is 1. The second-order valence-corrected chi connectivity index (χ2v) is 5.12. The molecule has 1 aliphatic rings. The van der Waals surface area contributed by atoms with Crippen LogP contribution in [-0.2, 0) is 5.41 Å². The van der Waals surface area contributed by atoms with Gasteiger partial charge in [0, 0.05) is 16.4 Å². The van der Waals surface area contributed by atoms with Crippen LogP contribution in [0.25, 0.3) is 0 Å². The average molecular weight is 274 g/mol. The van der Waals surface area contributed by atoms with Gasteiger partial charge < -0.3 is 10.8 Å². The summed E-state index contributed by atoms with van der Waals surface area (Å²) < 4.78 is 13.9. The molecule has 3 N–H and O–H groups in total. The van der Waals surface area contributed by atoms with Crippen LogP contribution in [0.3, 0.4) is 0 Å². The molecule has 0 aromatic heterocycles. The molecule has 0 saturated heterocycles. The largest absolute Gasteiger partial charge is 0.393 e. The highest BCUT2D eigenvalue weighted by Crippen LogP contribution is 2.43. The predicted octanol–water partition coefficient (Wildman–Crippen LogP) is 1.94. The minimum Gasteiger partial charge on any atom is -0.393 e. The molecule has 2 rings (SSSR count).